The summed E-state index contributed by atoms with van der Waals surface area (Å²) in [5.74, 6) is 0.826. The summed E-state index contributed by atoms with van der Waals surface area (Å²) in [6, 6.07) is 7.44. The summed E-state index contributed by atoms with van der Waals surface area (Å²) in [5, 5.41) is 6.16. The highest BCUT2D eigenvalue weighted by Gasteiger charge is 2.09. The van der Waals surface area contributed by atoms with Gasteiger partial charge in [-0.25, -0.2) is 0 Å². The molecule has 0 saturated heterocycles. The van der Waals surface area contributed by atoms with Gasteiger partial charge in [0, 0.05) is 24.2 Å². The van der Waals surface area contributed by atoms with Gasteiger partial charge in [-0.15, -0.1) is 0 Å². The van der Waals surface area contributed by atoms with Gasteiger partial charge in [-0.3, -0.25) is 4.79 Å². The van der Waals surface area contributed by atoms with E-state index in [1.807, 2.05) is 38.1 Å². The van der Waals surface area contributed by atoms with Crippen LogP contribution in [0, 0.1) is 0 Å². The molecular weight excluding hydrogens is 252 g/mol. The number of nitrogens with one attached hydrogen (secondary N) is 2. The number of hydrogen-bond donors (Lipinski definition) is 2. The monoisotopic (exact) mass is 278 g/mol. The predicted molar refractivity (Wildman–Crippen MR) is 83.2 cm³/mol. The van der Waals surface area contributed by atoms with E-state index in [1.165, 1.54) is 0 Å². The predicted octanol–water partition coefficient (Wildman–Crippen LogP) is 3.19. The smallest absolute Gasteiger partial charge is 0.225 e. The fourth-order valence-electron chi connectivity index (χ4n) is 1.66. The highest BCUT2D eigenvalue weighted by atomic mass is 16.5. The van der Waals surface area contributed by atoms with Crippen molar-refractivity contribution in [2.24, 2.45) is 0 Å². The summed E-state index contributed by atoms with van der Waals surface area (Å²) in [4.78, 5) is 11.8. The maximum Gasteiger partial charge on any atom is 0.225 e. The van der Waals surface area contributed by atoms with Crippen molar-refractivity contribution in [1.29, 1.82) is 0 Å². The van der Waals surface area contributed by atoms with Gasteiger partial charge in [0.05, 0.1) is 6.10 Å². The average molecular weight is 278 g/mol. The third kappa shape index (κ3) is 7.14. The Morgan fingerprint density at radius 1 is 1.20 bits per heavy atom. The third-order valence-electron chi connectivity index (χ3n) is 2.52. The van der Waals surface area contributed by atoms with Crippen LogP contribution in [-0.2, 0) is 4.79 Å². The Kier molecular flexibility index (Phi) is 6.02. The lowest BCUT2D eigenvalue weighted by atomic mass is 10.1. The minimum atomic E-state index is 0.0132. The molecule has 4 heteroatoms. The molecule has 0 bridgehead atoms. The number of amides is 1. The SMILES string of the molecule is CC(C)Oc1ccc(NC(=O)CCNC(C)(C)C)cc1. The minimum absolute atomic E-state index is 0.0132. The average Bonchev–Trinajstić information content (AvgIpc) is 2.29. The summed E-state index contributed by atoms with van der Waals surface area (Å²) in [6.45, 7) is 10.9. The van der Waals surface area contributed by atoms with Crippen molar-refractivity contribution in [3.05, 3.63) is 24.3 Å². The van der Waals surface area contributed by atoms with Crippen molar-refractivity contribution in [2.45, 2.75) is 52.7 Å². The van der Waals surface area contributed by atoms with E-state index in [2.05, 4.69) is 31.4 Å². The van der Waals surface area contributed by atoms with E-state index in [0.29, 0.717) is 13.0 Å². The van der Waals surface area contributed by atoms with E-state index in [0.717, 1.165) is 11.4 Å². The van der Waals surface area contributed by atoms with E-state index in [-0.39, 0.29) is 17.6 Å². The second-order valence-corrected chi connectivity index (χ2v) is 6.17. The van der Waals surface area contributed by atoms with E-state index < -0.39 is 0 Å². The summed E-state index contributed by atoms with van der Waals surface area (Å²) in [7, 11) is 0. The number of hydrogen-bond acceptors (Lipinski definition) is 3. The summed E-state index contributed by atoms with van der Waals surface area (Å²) >= 11 is 0. The van der Waals surface area contributed by atoms with E-state index in [4.69, 9.17) is 4.74 Å². The van der Waals surface area contributed by atoms with Gasteiger partial charge in [0.1, 0.15) is 5.75 Å². The van der Waals surface area contributed by atoms with Crippen LogP contribution >= 0.6 is 0 Å². The van der Waals surface area contributed by atoms with Crippen LogP contribution in [0.15, 0.2) is 24.3 Å². The van der Waals surface area contributed by atoms with Crippen LogP contribution in [0.2, 0.25) is 0 Å². The first kappa shape index (κ1) is 16.5. The number of ether oxygens (including phenoxy) is 1. The number of carbonyl (C=O) groups excluding carboxylic acids is 1. The van der Waals surface area contributed by atoms with Crippen molar-refractivity contribution in [2.75, 3.05) is 11.9 Å². The maximum atomic E-state index is 11.8. The zero-order chi connectivity index (χ0) is 15.2. The van der Waals surface area contributed by atoms with Crippen LogP contribution < -0.4 is 15.4 Å². The molecule has 4 nitrogen and oxygen atoms in total. The van der Waals surface area contributed by atoms with Gasteiger partial charge in [0.15, 0.2) is 0 Å². The molecule has 112 valence electrons. The molecule has 0 fully saturated rings. The third-order valence-corrected chi connectivity index (χ3v) is 2.52. The molecule has 1 rings (SSSR count). The van der Waals surface area contributed by atoms with Crippen molar-refractivity contribution in [1.82, 2.24) is 5.32 Å². The summed E-state index contributed by atoms with van der Waals surface area (Å²) < 4.78 is 5.55. The molecular formula is C16H26N2O2. The van der Waals surface area contributed by atoms with Crippen molar-refractivity contribution in [3.8, 4) is 5.75 Å². The number of anilines is 1. The summed E-state index contributed by atoms with van der Waals surface area (Å²) in [5.41, 5.74) is 0.831. The highest BCUT2D eigenvalue weighted by Crippen LogP contribution is 2.17. The Morgan fingerprint density at radius 3 is 2.30 bits per heavy atom. The molecule has 0 spiro atoms. The normalized spacial score (nSPS) is 11.5. The van der Waals surface area contributed by atoms with Gasteiger partial charge in [-0.1, -0.05) is 0 Å². The number of carbonyl (C=O) groups is 1. The first-order valence-electron chi connectivity index (χ1n) is 7.08. The lowest BCUT2D eigenvalue weighted by Gasteiger charge is -2.20. The Hall–Kier alpha value is -1.55. The second-order valence-electron chi connectivity index (χ2n) is 6.17. The van der Waals surface area contributed by atoms with E-state index >= 15 is 0 Å². The fourth-order valence-corrected chi connectivity index (χ4v) is 1.66. The first-order chi connectivity index (χ1) is 9.26. The van der Waals surface area contributed by atoms with Gasteiger partial charge in [-0.05, 0) is 58.9 Å². The Bertz CT molecular complexity index is 419. The maximum absolute atomic E-state index is 11.8. The molecule has 0 aromatic heterocycles. The zero-order valence-corrected chi connectivity index (χ0v) is 13.1. The van der Waals surface area contributed by atoms with Crippen LogP contribution in [0.4, 0.5) is 5.69 Å². The first-order valence-corrected chi connectivity index (χ1v) is 7.08. The van der Waals surface area contributed by atoms with Crippen molar-refractivity contribution < 1.29 is 9.53 Å². The minimum Gasteiger partial charge on any atom is -0.491 e. The fraction of sp³-hybridized carbons (Fsp3) is 0.562. The van der Waals surface area contributed by atoms with Crippen molar-refractivity contribution >= 4 is 11.6 Å². The molecule has 20 heavy (non-hydrogen) atoms. The van der Waals surface area contributed by atoms with Crippen LogP contribution in [-0.4, -0.2) is 24.1 Å². The second kappa shape index (κ2) is 7.29. The molecule has 0 aliphatic heterocycles. The quantitative estimate of drug-likeness (QED) is 0.840. The van der Waals surface area contributed by atoms with Gasteiger partial charge in [0.2, 0.25) is 5.91 Å². The van der Waals surface area contributed by atoms with Gasteiger partial charge in [-0.2, -0.15) is 0 Å². The largest absolute Gasteiger partial charge is 0.491 e. The van der Waals surface area contributed by atoms with E-state index in [9.17, 15) is 4.79 Å². The molecule has 0 heterocycles. The number of benzene rings is 1. The molecule has 0 aliphatic rings. The Morgan fingerprint density at radius 2 is 1.80 bits per heavy atom. The molecule has 1 amide bonds. The standard InChI is InChI=1S/C16H26N2O2/c1-12(2)20-14-8-6-13(7-9-14)18-15(19)10-11-17-16(3,4)5/h6-9,12,17H,10-11H2,1-5H3,(H,18,19). The molecule has 0 unspecified atom stereocenters. The zero-order valence-electron chi connectivity index (χ0n) is 13.1. The topological polar surface area (TPSA) is 50.4 Å². The van der Waals surface area contributed by atoms with Crippen LogP contribution in [0.5, 0.6) is 5.75 Å². The molecule has 1 aromatic carbocycles. The van der Waals surface area contributed by atoms with Gasteiger partial charge < -0.3 is 15.4 Å². The summed E-state index contributed by atoms with van der Waals surface area (Å²) in [6.07, 6.45) is 0.612. The lowest BCUT2D eigenvalue weighted by Crippen LogP contribution is -2.37. The molecule has 2 N–H and O–H groups in total. The van der Waals surface area contributed by atoms with Crippen LogP contribution in [0.25, 0.3) is 0 Å². The lowest BCUT2D eigenvalue weighted by molar-refractivity contribution is -0.116. The van der Waals surface area contributed by atoms with Gasteiger partial charge >= 0.3 is 0 Å². The van der Waals surface area contributed by atoms with Crippen molar-refractivity contribution in [3.63, 3.8) is 0 Å². The van der Waals surface area contributed by atoms with Crippen LogP contribution in [0.3, 0.4) is 0 Å². The molecule has 0 saturated carbocycles. The van der Waals surface area contributed by atoms with Crippen LogP contribution in [0.1, 0.15) is 41.0 Å². The Balaban J connectivity index is 2.38. The Labute approximate surface area is 121 Å². The molecule has 0 aliphatic carbocycles. The molecule has 0 atom stereocenters. The highest BCUT2D eigenvalue weighted by molar-refractivity contribution is 5.90. The van der Waals surface area contributed by atoms with E-state index in [1.54, 1.807) is 0 Å². The number of rotatable bonds is 6. The molecule has 1 aromatic rings. The van der Waals surface area contributed by atoms with Gasteiger partial charge in [0.25, 0.3) is 0 Å². The molecule has 0 radical (unpaired) electrons.